The fraction of sp³-hybridized carbons (Fsp3) is 0.478. The molecule has 1 heterocycles. The Kier molecular flexibility index (Phi) is 6.32. The van der Waals surface area contributed by atoms with Crippen molar-refractivity contribution in [1.82, 2.24) is 4.98 Å². The van der Waals surface area contributed by atoms with E-state index in [0.29, 0.717) is 22.7 Å². The summed E-state index contributed by atoms with van der Waals surface area (Å²) in [6, 6.07) is 5.49. The van der Waals surface area contributed by atoms with Crippen molar-refractivity contribution in [2.45, 2.75) is 52.2 Å². The first-order chi connectivity index (χ1) is 14.8. The number of amidine groups is 1. The molecule has 2 fully saturated rings. The van der Waals surface area contributed by atoms with Gasteiger partial charge in [-0.3, -0.25) is 0 Å². The van der Waals surface area contributed by atoms with E-state index in [2.05, 4.69) is 22.2 Å². The maximum atomic E-state index is 13.9. The third-order valence-corrected chi connectivity index (χ3v) is 6.91. The van der Waals surface area contributed by atoms with E-state index in [1.54, 1.807) is 6.07 Å². The molecule has 0 aliphatic heterocycles. The number of aromatic nitrogens is 1. The van der Waals surface area contributed by atoms with Crippen molar-refractivity contribution in [1.29, 1.82) is 0 Å². The smallest absolute Gasteiger partial charge is 0.288 e. The number of ether oxygens (including phenoxy) is 1. The minimum atomic E-state index is -0.636. The number of anilines is 1. The van der Waals surface area contributed by atoms with Gasteiger partial charge in [0.1, 0.15) is 23.6 Å². The molecule has 3 N–H and O–H groups in total. The predicted octanol–water partition coefficient (Wildman–Crippen LogP) is 5.72. The Morgan fingerprint density at radius 3 is 2.68 bits per heavy atom. The molecule has 31 heavy (non-hydrogen) atoms. The monoisotopic (exact) mass is 448 g/mol. The Morgan fingerprint density at radius 2 is 1.94 bits per heavy atom. The van der Waals surface area contributed by atoms with Gasteiger partial charge in [0.2, 0.25) is 0 Å². The van der Waals surface area contributed by atoms with Gasteiger partial charge >= 0.3 is 0 Å². The Labute approximate surface area is 186 Å². The van der Waals surface area contributed by atoms with Gasteiger partial charge in [-0.2, -0.15) is 4.99 Å². The highest BCUT2D eigenvalue weighted by Crippen LogP contribution is 2.48. The lowest BCUT2D eigenvalue weighted by Crippen LogP contribution is -2.27. The molecule has 1 aromatic heterocycles. The summed E-state index contributed by atoms with van der Waals surface area (Å²) in [6.45, 7) is 4.02. The summed E-state index contributed by atoms with van der Waals surface area (Å²) in [5.41, 5.74) is 6.73. The number of rotatable bonds is 5. The van der Waals surface area contributed by atoms with Crippen LogP contribution in [0.25, 0.3) is 0 Å². The lowest BCUT2D eigenvalue weighted by Gasteiger charge is -2.20. The van der Waals surface area contributed by atoms with Gasteiger partial charge in [0.15, 0.2) is 5.82 Å². The summed E-state index contributed by atoms with van der Waals surface area (Å²) in [4.78, 5) is 8.77. The quantitative estimate of drug-likeness (QED) is 0.453. The second-order valence-electron chi connectivity index (χ2n) is 8.58. The van der Waals surface area contributed by atoms with Crippen LogP contribution < -0.4 is 11.1 Å². The molecule has 0 bridgehead atoms. The zero-order valence-electron chi connectivity index (χ0n) is 17.7. The van der Waals surface area contributed by atoms with Crippen LogP contribution in [0.4, 0.5) is 20.4 Å². The van der Waals surface area contributed by atoms with E-state index in [1.165, 1.54) is 37.5 Å². The molecule has 0 amide bonds. The molecular formula is C23H27ClF2N4O. The highest BCUT2D eigenvalue weighted by atomic mass is 35.5. The standard InChI is InChI=1S/C23H27ClF2N4O/c1-12-6-7-15-14(12)8-9-20(15)31-23(27)30-21-13(2)10-17(24)22(29-21)28-11-16-18(25)4-3-5-19(16)26/h3-5,10,12,14-15,20H,6-9,11H2,1-2H3,(H3,27,28,29,30)/t12?,14-,15?,20?/m1/s1. The van der Waals surface area contributed by atoms with Gasteiger partial charge in [0.05, 0.1) is 5.02 Å². The second kappa shape index (κ2) is 8.99. The molecule has 166 valence electrons. The number of nitrogens with two attached hydrogens (primary N) is 1. The van der Waals surface area contributed by atoms with Gasteiger partial charge in [-0.15, -0.1) is 0 Å². The summed E-state index contributed by atoms with van der Waals surface area (Å²) in [5.74, 6) is 1.34. The highest BCUT2D eigenvalue weighted by Gasteiger charge is 2.44. The van der Waals surface area contributed by atoms with Crippen molar-refractivity contribution < 1.29 is 13.5 Å². The molecule has 1 aromatic carbocycles. The summed E-state index contributed by atoms with van der Waals surface area (Å²) in [5, 5.41) is 3.21. The zero-order chi connectivity index (χ0) is 22.1. The average Bonchev–Trinajstić information content (AvgIpc) is 3.28. The molecule has 4 rings (SSSR count). The first-order valence-corrected chi connectivity index (χ1v) is 11.1. The second-order valence-corrected chi connectivity index (χ2v) is 8.99. The summed E-state index contributed by atoms with van der Waals surface area (Å²) < 4.78 is 33.8. The van der Waals surface area contributed by atoms with Crippen LogP contribution in [0.2, 0.25) is 5.02 Å². The lowest BCUT2D eigenvalue weighted by atomic mass is 9.93. The van der Waals surface area contributed by atoms with Gasteiger partial charge in [0, 0.05) is 12.1 Å². The fourth-order valence-corrected chi connectivity index (χ4v) is 5.22. The van der Waals surface area contributed by atoms with Crippen molar-refractivity contribution in [3.05, 3.63) is 52.0 Å². The van der Waals surface area contributed by atoms with Gasteiger partial charge in [0.25, 0.3) is 6.02 Å². The molecule has 4 atom stereocenters. The topological polar surface area (TPSA) is 72.5 Å². The van der Waals surface area contributed by atoms with Gasteiger partial charge in [-0.1, -0.05) is 31.0 Å². The number of aliphatic imine (C=N–C) groups is 1. The van der Waals surface area contributed by atoms with E-state index in [0.717, 1.165) is 17.9 Å². The van der Waals surface area contributed by atoms with E-state index >= 15 is 0 Å². The molecule has 2 aliphatic carbocycles. The number of nitrogens with zero attached hydrogens (tertiary/aromatic N) is 2. The van der Waals surface area contributed by atoms with Crippen LogP contribution in [-0.4, -0.2) is 17.1 Å². The molecule has 2 aliphatic rings. The number of benzene rings is 1. The third-order valence-electron chi connectivity index (χ3n) is 6.62. The van der Waals surface area contributed by atoms with Crippen LogP contribution in [0.3, 0.4) is 0 Å². The van der Waals surface area contributed by atoms with Crippen molar-refractivity contribution >= 4 is 29.3 Å². The lowest BCUT2D eigenvalue weighted by molar-refractivity contribution is 0.134. The largest absolute Gasteiger partial charge is 0.462 e. The minimum absolute atomic E-state index is 0.0780. The number of fused-ring (bicyclic) bond motifs is 1. The molecule has 3 unspecified atom stereocenters. The van der Waals surface area contributed by atoms with Crippen LogP contribution in [-0.2, 0) is 11.3 Å². The molecule has 0 saturated heterocycles. The van der Waals surface area contributed by atoms with Gasteiger partial charge in [-0.05, 0) is 67.7 Å². The average molecular weight is 449 g/mol. The van der Waals surface area contributed by atoms with E-state index in [4.69, 9.17) is 22.1 Å². The molecule has 0 radical (unpaired) electrons. The predicted molar refractivity (Wildman–Crippen MR) is 118 cm³/mol. The Morgan fingerprint density at radius 1 is 1.23 bits per heavy atom. The van der Waals surface area contributed by atoms with E-state index in [9.17, 15) is 8.78 Å². The normalized spacial score (nSPS) is 25.5. The fourth-order valence-electron chi connectivity index (χ4n) is 4.95. The summed E-state index contributed by atoms with van der Waals surface area (Å²) in [6.07, 6.45) is 4.66. The highest BCUT2D eigenvalue weighted by molar-refractivity contribution is 6.33. The first kappa shape index (κ1) is 21.8. The van der Waals surface area contributed by atoms with Gasteiger partial charge in [-0.25, -0.2) is 13.8 Å². The molecular weight excluding hydrogens is 422 g/mol. The number of nitrogens with one attached hydrogen (secondary N) is 1. The van der Waals surface area contributed by atoms with Crippen molar-refractivity contribution in [2.75, 3.05) is 5.32 Å². The maximum Gasteiger partial charge on any atom is 0.288 e. The summed E-state index contributed by atoms with van der Waals surface area (Å²) in [7, 11) is 0. The molecule has 8 heteroatoms. The minimum Gasteiger partial charge on any atom is -0.462 e. The van der Waals surface area contributed by atoms with Crippen LogP contribution in [0, 0.1) is 36.3 Å². The molecule has 2 aromatic rings. The Bertz CT molecular complexity index is 980. The summed E-state index contributed by atoms with van der Waals surface area (Å²) >= 11 is 6.27. The van der Waals surface area contributed by atoms with Gasteiger partial charge < -0.3 is 15.8 Å². The number of hydrogen-bond donors (Lipinski definition) is 2. The molecule has 0 spiro atoms. The number of halogens is 3. The van der Waals surface area contributed by atoms with E-state index in [1.807, 2.05) is 6.92 Å². The van der Waals surface area contributed by atoms with Crippen LogP contribution in [0.15, 0.2) is 29.3 Å². The number of aryl methyl sites for hydroxylation is 1. The molecule has 2 saturated carbocycles. The third kappa shape index (κ3) is 4.61. The van der Waals surface area contributed by atoms with Crippen LogP contribution in [0.5, 0.6) is 0 Å². The van der Waals surface area contributed by atoms with Crippen molar-refractivity contribution in [3.63, 3.8) is 0 Å². The maximum absolute atomic E-state index is 13.9. The zero-order valence-corrected chi connectivity index (χ0v) is 18.4. The van der Waals surface area contributed by atoms with Crippen LogP contribution >= 0.6 is 11.6 Å². The van der Waals surface area contributed by atoms with E-state index in [-0.39, 0.29) is 30.1 Å². The SMILES string of the molecule is Cc1cc(Cl)c(NCc2c(F)cccc2F)nc1/N=C(\N)OC1CC[C@@H]2C(C)CCC12. The number of hydrogen-bond acceptors (Lipinski definition) is 4. The van der Waals surface area contributed by atoms with Crippen LogP contribution in [0.1, 0.15) is 43.7 Å². The van der Waals surface area contributed by atoms with Crippen molar-refractivity contribution in [2.24, 2.45) is 28.5 Å². The number of pyridine rings is 1. The molecule has 5 nitrogen and oxygen atoms in total. The Balaban J connectivity index is 1.48. The Hall–Kier alpha value is -2.41. The van der Waals surface area contributed by atoms with E-state index < -0.39 is 11.6 Å². The van der Waals surface area contributed by atoms with Crippen molar-refractivity contribution in [3.8, 4) is 0 Å². The first-order valence-electron chi connectivity index (χ1n) is 10.7.